The van der Waals surface area contributed by atoms with Crippen LogP contribution in [0.4, 0.5) is 11.4 Å². The second-order valence-electron chi connectivity index (χ2n) is 7.91. The average molecular weight is 462 g/mol. The lowest BCUT2D eigenvalue weighted by Gasteiger charge is -2.28. The summed E-state index contributed by atoms with van der Waals surface area (Å²) in [4.78, 5) is 2.42. The van der Waals surface area contributed by atoms with Crippen LogP contribution in [-0.4, -0.2) is 63.8 Å². The molecule has 0 amide bonds. The number of aliphatic hydroxyl groups excluding tert-OH is 1. The predicted octanol–water partition coefficient (Wildman–Crippen LogP) is 2.81. The van der Waals surface area contributed by atoms with E-state index >= 15 is 0 Å². The lowest BCUT2D eigenvalue weighted by atomic mass is 10.1. The minimum atomic E-state index is -3.65. The lowest BCUT2D eigenvalue weighted by Crippen LogP contribution is -2.40. The van der Waals surface area contributed by atoms with Gasteiger partial charge in [0.25, 0.3) is 0 Å². The first-order valence-electron chi connectivity index (χ1n) is 11.1. The lowest BCUT2D eigenvalue weighted by molar-refractivity contribution is 0.0730. The molecule has 9 heteroatoms. The molecule has 0 bridgehead atoms. The van der Waals surface area contributed by atoms with Crippen molar-refractivity contribution < 1.29 is 23.0 Å². The largest absolute Gasteiger partial charge is 0.493 e. The summed E-state index contributed by atoms with van der Waals surface area (Å²) >= 11 is 0. The van der Waals surface area contributed by atoms with Crippen molar-refractivity contribution in [3.8, 4) is 5.75 Å². The molecule has 2 fully saturated rings. The smallest absolute Gasteiger partial charge is 0.243 e. The number of hydrogen-bond donors (Lipinski definition) is 2. The third kappa shape index (κ3) is 4.85. The number of morpholine rings is 1. The van der Waals surface area contributed by atoms with Crippen LogP contribution in [0.5, 0.6) is 5.75 Å². The van der Waals surface area contributed by atoms with Crippen LogP contribution in [0.1, 0.15) is 31.6 Å². The van der Waals surface area contributed by atoms with Gasteiger partial charge in [-0.1, -0.05) is 18.2 Å². The summed E-state index contributed by atoms with van der Waals surface area (Å²) in [5.41, 5.74) is 2.07. The highest BCUT2D eigenvalue weighted by molar-refractivity contribution is 7.89. The van der Waals surface area contributed by atoms with E-state index in [9.17, 15) is 13.5 Å². The molecular weight excluding hydrogens is 430 g/mol. The van der Waals surface area contributed by atoms with Crippen molar-refractivity contribution in [2.45, 2.75) is 30.9 Å². The second kappa shape index (κ2) is 10.1. The van der Waals surface area contributed by atoms with E-state index in [0.717, 1.165) is 31.6 Å². The van der Waals surface area contributed by atoms with Crippen LogP contribution in [0, 0.1) is 0 Å². The van der Waals surface area contributed by atoms with Crippen LogP contribution in [0.3, 0.4) is 0 Å². The maximum absolute atomic E-state index is 13.2. The van der Waals surface area contributed by atoms with Crippen LogP contribution < -0.4 is 15.0 Å². The maximum Gasteiger partial charge on any atom is 0.243 e. The summed E-state index contributed by atoms with van der Waals surface area (Å²) in [7, 11) is -3.65. The van der Waals surface area contributed by atoms with Crippen molar-refractivity contribution in [1.82, 2.24) is 4.31 Å². The van der Waals surface area contributed by atoms with E-state index in [1.807, 2.05) is 31.2 Å². The number of nitrogens with zero attached hydrogens (tertiary/aromatic N) is 2. The van der Waals surface area contributed by atoms with Gasteiger partial charge in [0, 0.05) is 31.7 Å². The fourth-order valence-corrected chi connectivity index (χ4v) is 5.61. The number of aliphatic hydroxyl groups is 1. The van der Waals surface area contributed by atoms with E-state index in [2.05, 4.69) is 10.2 Å². The molecule has 2 aliphatic rings. The first kappa shape index (κ1) is 22.8. The Morgan fingerprint density at radius 3 is 2.53 bits per heavy atom. The molecule has 2 N–H and O–H groups in total. The molecule has 1 atom stereocenters. The van der Waals surface area contributed by atoms with Crippen molar-refractivity contribution in [2.75, 3.05) is 56.2 Å². The van der Waals surface area contributed by atoms with Crippen molar-refractivity contribution >= 4 is 21.4 Å². The van der Waals surface area contributed by atoms with Crippen molar-refractivity contribution in [1.29, 1.82) is 0 Å². The number of sulfonamides is 1. The number of benzene rings is 2. The van der Waals surface area contributed by atoms with E-state index in [4.69, 9.17) is 9.47 Å². The van der Waals surface area contributed by atoms with E-state index in [1.165, 1.54) is 4.31 Å². The summed E-state index contributed by atoms with van der Waals surface area (Å²) in [5, 5.41) is 14.1. The molecule has 2 aromatic rings. The van der Waals surface area contributed by atoms with Gasteiger partial charge < -0.3 is 24.8 Å². The second-order valence-corrected chi connectivity index (χ2v) is 9.85. The van der Waals surface area contributed by atoms with Crippen molar-refractivity contribution in [2.24, 2.45) is 0 Å². The normalized spacial score (nSPS) is 18.5. The first-order chi connectivity index (χ1) is 15.5. The van der Waals surface area contributed by atoms with Gasteiger partial charge in [0.1, 0.15) is 5.75 Å². The van der Waals surface area contributed by atoms with Crippen LogP contribution in [0.2, 0.25) is 0 Å². The molecule has 2 heterocycles. The zero-order chi connectivity index (χ0) is 22.6. The fraction of sp³-hybridized carbons (Fsp3) is 0.478. The average Bonchev–Trinajstić information content (AvgIpc) is 3.35. The first-order valence-corrected chi connectivity index (χ1v) is 12.6. The Morgan fingerprint density at radius 2 is 1.81 bits per heavy atom. The number of hydrogen-bond acceptors (Lipinski definition) is 7. The standard InChI is InChI=1S/C23H31N3O5S/c1-2-31-22-8-4-3-7-19(22)23(27)24-20-17-18(9-10-21(20)25-11-5-6-12-25)32(28,29)26-13-15-30-16-14-26/h3-4,7-10,17,23-24,27H,2,5-6,11-16H2,1H3/t23-/m1/s1. The van der Waals surface area contributed by atoms with E-state index < -0.39 is 16.3 Å². The molecule has 2 aromatic carbocycles. The summed E-state index contributed by atoms with van der Waals surface area (Å²) < 4.78 is 38.8. The van der Waals surface area contributed by atoms with Gasteiger partial charge >= 0.3 is 0 Å². The maximum atomic E-state index is 13.2. The summed E-state index contributed by atoms with van der Waals surface area (Å²) in [5.74, 6) is 0.592. The minimum absolute atomic E-state index is 0.204. The van der Waals surface area contributed by atoms with Crippen molar-refractivity contribution in [3.63, 3.8) is 0 Å². The van der Waals surface area contributed by atoms with Crippen molar-refractivity contribution in [3.05, 3.63) is 48.0 Å². The minimum Gasteiger partial charge on any atom is -0.493 e. The molecular formula is C23H31N3O5S. The summed E-state index contributed by atoms with van der Waals surface area (Å²) in [6, 6.07) is 12.4. The molecule has 0 aromatic heterocycles. The fourth-order valence-electron chi connectivity index (χ4n) is 4.18. The quantitative estimate of drug-likeness (QED) is 0.584. The zero-order valence-corrected chi connectivity index (χ0v) is 19.2. The molecule has 4 rings (SSSR count). The monoisotopic (exact) mass is 461 g/mol. The summed E-state index contributed by atoms with van der Waals surface area (Å²) in [6.07, 6.45) is 1.12. The van der Waals surface area contributed by atoms with Crippen LogP contribution in [-0.2, 0) is 14.8 Å². The highest BCUT2D eigenvalue weighted by atomic mass is 32.2. The predicted molar refractivity (Wildman–Crippen MR) is 124 cm³/mol. The van der Waals surface area contributed by atoms with Crippen LogP contribution in [0.15, 0.2) is 47.4 Å². The molecule has 0 radical (unpaired) electrons. The molecule has 174 valence electrons. The number of ether oxygens (including phenoxy) is 2. The van der Waals surface area contributed by atoms with Gasteiger partial charge in [0.05, 0.1) is 36.1 Å². The number of nitrogens with one attached hydrogen (secondary N) is 1. The number of rotatable bonds is 8. The SMILES string of the molecule is CCOc1ccccc1[C@@H](O)Nc1cc(S(=O)(=O)N2CCOCC2)ccc1N1CCCC1. The Bertz CT molecular complexity index is 1020. The van der Waals surface area contributed by atoms with E-state index in [1.54, 1.807) is 18.2 Å². The van der Waals surface area contributed by atoms with E-state index in [0.29, 0.717) is 49.9 Å². The van der Waals surface area contributed by atoms with Crippen LogP contribution >= 0.6 is 0 Å². The van der Waals surface area contributed by atoms with Gasteiger partial charge in [0.15, 0.2) is 6.23 Å². The van der Waals surface area contributed by atoms with Crippen LogP contribution in [0.25, 0.3) is 0 Å². The summed E-state index contributed by atoms with van der Waals surface area (Å²) in [6.45, 7) is 5.63. The van der Waals surface area contributed by atoms with Gasteiger partial charge in [-0.25, -0.2) is 8.42 Å². The molecule has 0 unspecified atom stereocenters. The Labute approximate surface area is 189 Å². The molecule has 32 heavy (non-hydrogen) atoms. The van der Waals surface area contributed by atoms with Gasteiger partial charge in [-0.05, 0) is 44.0 Å². The van der Waals surface area contributed by atoms with Gasteiger partial charge in [0.2, 0.25) is 10.0 Å². The third-order valence-corrected chi connectivity index (χ3v) is 7.72. The Balaban J connectivity index is 1.68. The number of anilines is 2. The van der Waals surface area contributed by atoms with E-state index in [-0.39, 0.29) is 4.90 Å². The van der Waals surface area contributed by atoms with Gasteiger partial charge in [-0.15, -0.1) is 0 Å². The third-order valence-electron chi connectivity index (χ3n) is 5.83. The molecule has 0 saturated carbocycles. The Hall–Kier alpha value is -2.33. The highest BCUT2D eigenvalue weighted by Gasteiger charge is 2.28. The molecule has 0 spiro atoms. The molecule has 0 aliphatic carbocycles. The molecule has 2 saturated heterocycles. The molecule has 8 nitrogen and oxygen atoms in total. The Morgan fingerprint density at radius 1 is 1.09 bits per heavy atom. The highest BCUT2D eigenvalue weighted by Crippen LogP contribution is 2.35. The Kier molecular flexibility index (Phi) is 7.20. The number of para-hydroxylation sites is 1. The zero-order valence-electron chi connectivity index (χ0n) is 18.4. The topological polar surface area (TPSA) is 91.3 Å². The van der Waals surface area contributed by atoms with Gasteiger partial charge in [-0.3, -0.25) is 0 Å². The molecule has 2 aliphatic heterocycles. The van der Waals surface area contributed by atoms with Gasteiger partial charge in [-0.2, -0.15) is 4.31 Å².